The zero-order valence-electron chi connectivity index (χ0n) is 13.9. The van der Waals surface area contributed by atoms with Gasteiger partial charge in [-0.1, -0.05) is 24.3 Å². The van der Waals surface area contributed by atoms with Gasteiger partial charge in [0.25, 0.3) is 0 Å². The molecule has 0 aliphatic carbocycles. The standard InChI is InChI=1S/C20H17F3O3/c21-20(22,23)16-5-1-3-14(11-16)17(24)8-9-18(25)15-7-6-13-4-2-10-26-19(13)12-15/h1,3,5-7,11-12H,2,4,8-10H2. The molecule has 2 aromatic rings. The third-order valence-corrected chi connectivity index (χ3v) is 4.33. The van der Waals surface area contributed by atoms with Crippen LogP contribution in [-0.2, 0) is 12.6 Å². The molecular formula is C20H17F3O3. The number of ether oxygens (including phenoxy) is 1. The molecule has 136 valence electrons. The summed E-state index contributed by atoms with van der Waals surface area (Å²) in [6, 6.07) is 9.47. The number of carbonyl (C=O) groups is 2. The molecule has 2 aromatic carbocycles. The Labute approximate surface area is 148 Å². The van der Waals surface area contributed by atoms with Gasteiger partial charge in [0.2, 0.25) is 0 Å². The van der Waals surface area contributed by atoms with Gasteiger partial charge in [-0.15, -0.1) is 0 Å². The number of aryl methyl sites for hydroxylation is 1. The molecule has 0 aromatic heterocycles. The lowest BCUT2D eigenvalue weighted by molar-refractivity contribution is -0.137. The third kappa shape index (κ3) is 4.12. The number of hydrogen-bond acceptors (Lipinski definition) is 3. The smallest absolute Gasteiger partial charge is 0.416 e. The van der Waals surface area contributed by atoms with Gasteiger partial charge in [-0.25, -0.2) is 0 Å². The molecule has 0 unspecified atom stereocenters. The highest BCUT2D eigenvalue weighted by molar-refractivity contribution is 6.02. The number of benzene rings is 2. The van der Waals surface area contributed by atoms with E-state index in [1.54, 1.807) is 12.1 Å². The van der Waals surface area contributed by atoms with Gasteiger partial charge in [0, 0.05) is 24.0 Å². The van der Waals surface area contributed by atoms with Gasteiger partial charge in [0.05, 0.1) is 12.2 Å². The van der Waals surface area contributed by atoms with Crippen molar-refractivity contribution in [3.05, 3.63) is 64.7 Å². The average Bonchev–Trinajstić information content (AvgIpc) is 2.64. The summed E-state index contributed by atoms with van der Waals surface area (Å²) in [5.74, 6) is -0.0349. The van der Waals surface area contributed by atoms with Gasteiger partial charge >= 0.3 is 6.18 Å². The summed E-state index contributed by atoms with van der Waals surface area (Å²) in [6.07, 6.45) is -2.87. The molecule has 0 saturated heterocycles. The minimum atomic E-state index is -4.50. The van der Waals surface area contributed by atoms with E-state index in [9.17, 15) is 22.8 Å². The van der Waals surface area contributed by atoms with Crippen molar-refractivity contribution >= 4 is 11.6 Å². The van der Waals surface area contributed by atoms with Crippen LogP contribution in [0.5, 0.6) is 5.75 Å². The van der Waals surface area contributed by atoms with Crippen molar-refractivity contribution in [1.29, 1.82) is 0 Å². The van der Waals surface area contributed by atoms with E-state index in [4.69, 9.17) is 4.74 Å². The molecule has 0 bridgehead atoms. The van der Waals surface area contributed by atoms with Crippen molar-refractivity contribution in [2.45, 2.75) is 31.9 Å². The van der Waals surface area contributed by atoms with Crippen LogP contribution in [0.4, 0.5) is 13.2 Å². The van der Waals surface area contributed by atoms with Gasteiger partial charge in [-0.2, -0.15) is 13.2 Å². The van der Waals surface area contributed by atoms with E-state index in [0.29, 0.717) is 17.9 Å². The SMILES string of the molecule is O=C(CCC(=O)c1ccc2c(c1)OCCC2)c1cccc(C(F)(F)F)c1. The van der Waals surface area contributed by atoms with E-state index >= 15 is 0 Å². The number of fused-ring (bicyclic) bond motifs is 1. The first-order valence-electron chi connectivity index (χ1n) is 8.34. The van der Waals surface area contributed by atoms with Crippen LogP contribution in [-0.4, -0.2) is 18.2 Å². The van der Waals surface area contributed by atoms with E-state index in [1.807, 2.05) is 6.07 Å². The molecule has 6 heteroatoms. The maximum absolute atomic E-state index is 12.7. The van der Waals surface area contributed by atoms with Crippen LogP contribution in [0, 0.1) is 0 Å². The largest absolute Gasteiger partial charge is 0.493 e. The average molecular weight is 362 g/mol. The normalized spacial score (nSPS) is 13.7. The Hall–Kier alpha value is -2.63. The molecule has 0 amide bonds. The lowest BCUT2D eigenvalue weighted by Gasteiger charge is -2.17. The molecule has 1 aliphatic rings. The number of Topliss-reactive ketones (excluding diaryl/α,β-unsaturated/α-hetero) is 2. The molecule has 0 saturated carbocycles. The highest BCUT2D eigenvalue weighted by Gasteiger charge is 2.30. The molecule has 1 heterocycles. The molecule has 26 heavy (non-hydrogen) atoms. The number of alkyl halides is 3. The van der Waals surface area contributed by atoms with Gasteiger partial charge in [0.1, 0.15) is 5.75 Å². The van der Waals surface area contributed by atoms with Gasteiger partial charge in [0.15, 0.2) is 11.6 Å². The molecule has 0 spiro atoms. The van der Waals surface area contributed by atoms with Crippen LogP contribution >= 0.6 is 0 Å². The van der Waals surface area contributed by atoms with Gasteiger partial charge in [-0.3, -0.25) is 9.59 Å². The highest BCUT2D eigenvalue weighted by atomic mass is 19.4. The van der Waals surface area contributed by atoms with Crippen LogP contribution in [0.3, 0.4) is 0 Å². The summed E-state index contributed by atoms with van der Waals surface area (Å²) >= 11 is 0. The number of carbonyl (C=O) groups excluding carboxylic acids is 2. The first kappa shape index (κ1) is 18.2. The Bertz CT molecular complexity index is 840. The monoisotopic (exact) mass is 362 g/mol. The number of halogens is 3. The Morgan fingerprint density at radius 1 is 0.962 bits per heavy atom. The van der Waals surface area contributed by atoms with Crippen LogP contribution in [0.25, 0.3) is 0 Å². The fraction of sp³-hybridized carbons (Fsp3) is 0.300. The molecule has 3 rings (SSSR count). The van der Waals surface area contributed by atoms with Crippen molar-refractivity contribution in [2.24, 2.45) is 0 Å². The molecule has 1 aliphatic heterocycles. The van der Waals surface area contributed by atoms with E-state index in [0.717, 1.165) is 30.5 Å². The number of rotatable bonds is 5. The summed E-state index contributed by atoms with van der Waals surface area (Å²) in [5.41, 5.74) is 0.582. The Morgan fingerprint density at radius 3 is 2.35 bits per heavy atom. The summed E-state index contributed by atoms with van der Waals surface area (Å²) < 4.78 is 43.7. The lowest BCUT2D eigenvalue weighted by Crippen LogP contribution is -2.11. The van der Waals surface area contributed by atoms with E-state index < -0.39 is 17.5 Å². The Balaban J connectivity index is 1.65. The maximum Gasteiger partial charge on any atom is 0.416 e. The predicted octanol–water partition coefficient (Wildman–Crippen LogP) is 4.88. The van der Waals surface area contributed by atoms with Crippen LogP contribution < -0.4 is 4.74 Å². The van der Waals surface area contributed by atoms with Crippen molar-refractivity contribution < 1.29 is 27.5 Å². The third-order valence-electron chi connectivity index (χ3n) is 4.33. The zero-order chi connectivity index (χ0) is 18.7. The van der Waals surface area contributed by atoms with Crippen molar-refractivity contribution in [3.63, 3.8) is 0 Å². The molecule has 0 atom stereocenters. The Kier molecular flexibility index (Phi) is 5.11. The second kappa shape index (κ2) is 7.32. The maximum atomic E-state index is 12.7. The highest BCUT2D eigenvalue weighted by Crippen LogP contribution is 2.30. The summed E-state index contributed by atoms with van der Waals surface area (Å²) in [5, 5.41) is 0. The van der Waals surface area contributed by atoms with Gasteiger partial charge < -0.3 is 4.74 Å². The first-order chi connectivity index (χ1) is 12.3. The Morgan fingerprint density at radius 2 is 1.65 bits per heavy atom. The molecule has 0 radical (unpaired) electrons. The minimum Gasteiger partial charge on any atom is -0.493 e. The van der Waals surface area contributed by atoms with Crippen LogP contribution in [0.1, 0.15) is 51.1 Å². The van der Waals surface area contributed by atoms with Crippen LogP contribution in [0.2, 0.25) is 0 Å². The number of hydrogen-bond donors (Lipinski definition) is 0. The van der Waals surface area contributed by atoms with E-state index in [1.165, 1.54) is 12.1 Å². The second-order valence-electron chi connectivity index (χ2n) is 6.20. The summed E-state index contributed by atoms with van der Waals surface area (Å²) in [7, 11) is 0. The van der Waals surface area contributed by atoms with Crippen molar-refractivity contribution in [2.75, 3.05) is 6.61 Å². The van der Waals surface area contributed by atoms with Gasteiger partial charge in [-0.05, 0) is 36.6 Å². The van der Waals surface area contributed by atoms with E-state index in [2.05, 4.69) is 0 Å². The molecule has 0 fully saturated rings. The number of ketones is 2. The first-order valence-corrected chi connectivity index (χ1v) is 8.34. The quantitative estimate of drug-likeness (QED) is 0.712. The molecule has 0 N–H and O–H groups in total. The topological polar surface area (TPSA) is 43.4 Å². The van der Waals surface area contributed by atoms with Crippen molar-refractivity contribution in [1.82, 2.24) is 0 Å². The fourth-order valence-corrected chi connectivity index (χ4v) is 2.90. The summed E-state index contributed by atoms with van der Waals surface area (Å²) in [6.45, 7) is 0.610. The minimum absolute atomic E-state index is 0.0404. The van der Waals surface area contributed by atoms with E-state index in [-0.39, 0.29) is 24.2 Å². The van der Waals surface area contributed by atoms with Crippen LogP contribution in [0.15, 0.2) is 42.5 Å². The molecule has 3 nitrogen and oxygen atoms in total. The lowest BCUT2D eigenvalue weighted by atomic mass is 9.98. The predicted molar refractivity (Wildman–Crippen MR) is 89.6 cm³/mol. The summed E-state index contributed by atoms with van der Waals surface area (Å²) in [4.78, 5) is 24.5. The zero-order valence-corrected chi connectivity index (χ0v) is 13.9. The molecular weight excluding hydrogens is 345 g/mol. The fourth-order valence-electron chi connectivity index (χ4n) is 2.90. The van der Waals surface area contributed by atoms with Crippen molar-refractivity contribution in [3.8, 4) is 5.75 Å². The second-order valence-corrected chi connectivity index (χ2v) is 6.20.